The Morgan fingerprint density at radius 3 is 2.34 bits per heavy atom. The Morgan fingerprint density at radius 2 is 1.69 bits per heavy atom. The third-order valence-electron chi connectivity index (χ3n) is 6.73. The highest BCUT2D eigenvalue weighted by Gasteiger charge is 2.28. The molecule has 1 aliphatic heterocycles. The summed E-state index contributed by atoms with van der Waals surface area (Å²) in [6.07, 6.45) is 2.70. The predicted octanol–water partition coefficient (Wildman–Crippen LogP) is 4.44. The molecule has 0 aromatic heterocycles. The summed E-state index contributed by atoms with van der Waals surface area (Å²) in [6.45, 7) is 9.28. The minimum atomic E-state index is -0.338. The van der Waals surface area contributed by atoms with E-state index >= 15 is 0 Å². The van der Waals surface area contributed by atoms with Crippen LogP contribution in [-0.2, 0) is 20.7 Å². The average Bonchev–Trinajstić information content (AvgIpc) is 2.87. The van der Waals surface area contributed by atoms with Crippen molar-refractivity contribution < 1.29 is 14.3 Å². The van der Waals surface area contributed by atoms with E-state index in [9.17, 15) is 9.59 Å². The molecule has 2 amide bonds. The number of anilines is 1. The zero-order chi connectivity index (χ0) is 25.0. The molecule has 2 aromatic carbocycles. The van der Waals surface area contributed by atoms with Crippen LogP contribution in [0.3, 0.4) is 0 Å². The van der Waals surface area contributed by atoms with E-state index in [0.717, 1.165) is 18.5 Å². The lowest BCUT2D eigenvalue weighted by Gasteiger charge is -2.29. The molecule has 6 heteroatoms. The molecular weight excluding hydrogens is 438 g/mol. The Kier molecular flexibility index (Phi) is 10.6. The molecule has 2 aromatic rings. The maximum atomic E-state index is 13.4. The van der Waals surface area contributed by atoms with Crippen LogP contribution in [0.2, 0.25) is 0 Å². The van der Waals surface area contributed by atoms with E-state index in [4.69, 9.17) is 4.74 Å². The van der Waals surface area contributed by atoms with Gasteiger partial charge in [0.25, 0.3) is 0 Å². The van der Waals surface area contributed by atoms with Crippen molar-refractivity contribution in [2.45, 2.75) is 52.5 Å². The lowest BCUT2D eigenvalue weighted by molar-refractivity contribution is -0.139. The normalized spacial score (nSPS) is 15.5. The van der Waals surface area contributed by atoms with Crippen molar-refractivity contribution in [1.82, 2.24) is 10.2 Å². The van der Waals surface area contributed by atoms with Gasteiger partial charge in [-0.25, -0.2) is 0 Å². The van der Waals surface area contributed by atoms with Crippen molar-refractivity contribution >= 4 is 17.5 Å². The molecule has 2 N–H and O–H groups in total. The number of ether oxygens (including phenoxy) is 1. The summed E-state index contributed by atoms with van der Waals surface area (Å²) >= 11 is 0. The number of aryl methyl sites for hydroxylation is 2. The van der Waals surface area contributed by atoms with Crippen LogP contribution < -0.4 is 10.6 Å². The van der Waals surface area contributed by atoms with E-state index in [1.165, 1.54) is 11.1 Å². The standard InChI is InChI=1S/C29H41N3O3/c1-22(2)27(21-30-26-14-12-23(3)13-15-26)31-29(34)25(11-7-10-24-8-5-4-6-9-24)20-28(33)32-16-18-35-19-17-32/h4-6,8-9,12-15,22,25,27,30H,7,10-11,16-21H2,1-3H3,(H,31,34)/t25-,27-/m1/s1. The zero-order valence-electron chi connectivity index (χ0n) is 21.5. The number of nitrogens with one attached hydrogen (secondary N) is 2. The molecule has 0 radical (unpaired) electrons. The molecule has 0 saturated carbocycles. The van der Waals surface area contributed by atoms with Gasteiger partial charge in [0.1, 0.15) is 0 Å². The summed E-state index contributed by atoms with van der Waals surface area (Å²) in [5, 5.41) is 6.71. The number of carbonyl (C=O) groups is 2. The number of rotatable bonds is 12. The van der Waals surface area contributed by atoms with Crippen LogP contribution in [-0.4, -0.2) is 55.6 Å². The highest BCUT2D eigenvalue weighted by Crippen LogP contribution is 2.18. The monoisotopic (exact) mass is 479 g/mol. The van der Waals surface area contributed by atoms with E-state index in [0.29, 0.717) is 39.3 Å². The second kappa shape index (κ2) is 13.9. The second-order valence-electron chi connectivity index (χ2n) is 9.88. The lowest BCUT2D eigenvalue weighted by atomic mass is 9.93. The van der Waals surface area contributed by atoms with Crippen LogP contribution in [0.5, 0.6) is 0 Å². The summed E-state index contributed by atoms with van der Waals surface area (Å²) in [5.74, 6) is -0.0531. The topological polar surface area (TPSA) is 70.7 Å². The van der Waals surface area contributed by atoms with Crippen LogP contribution in [0.25, 0.3) is 0 Å². The Morgan fingerprint density at radius 1 is 1.00 bits per heavy atom. The first-order valence-electron chi connectivity index (χ1n) is 12.9. The van der Waals surface area contributed by atoms with Crippen LogP contribution in [0, 0.1) is 18.8 Å². The fraction of sp³-hybridized carbons (Fsp3) is 0.517. The van der Waals surface area contributed by atoms with Gasteiger partial charge in [-0.05, 0) is 49.8 Å². The van der Waals surface area contributed by atoms with Crippen LogP contribution in [0.15, 0.2) is 54.6 Å². The Hall–Kier alpha value is -2.86. The van der Waals surface area contributed by atoms with Gasteiger partial charge < -0.3 is 20.3 Å². The number of carbonyl (C=O) groups excluding carboxylic acids is 2. The van der Waals surface area contributed by atoms with Gasteiger partial charge in [-0.15, -0.1) is 0 Å². The number of hydrogen-bond donors (Lipinski definition) is 2. The van der Waals surface area contributed by atoms with Crippen LogP contribution in [0.4, 0.5) is 5.69 Å². The molecular formula is C29H41N3O3. The number of amides is 2. The summed E-state index contributed by atoms with van der Waals surface area (Å²) in [4.78, 5) is 28.3. The molecule has 35 heavy (non-hydrogen) atoms. The Balaban J connectivity index is 1.61. The molecule has 0 bridgehead atoms. The number of benzene rings is 2. The SMILES string of the molecule is Cc1ccc(NC[C@@H](NC(=O)[C@H](CCCc2ccccc2)CC(=O)N2CCOCC2)C(C)C)cc1. The molecule has 1 heterocycles. The van der Waals surface area contributed by atoms with Crippen LogP contribution >= 0.6 is 0 Å². The minimum Gasteiger partial charge on any atom is -0.383 e. The molecule has 1 aliphatic rings. The summed E-state index contributed by atoms with van der Waals surface area (Å²) in [7, 11) is 0. The van der Waals surface area contributed by atoms with Crippen molar-refractivity contribution in [3.63, 3.8) is 0 Å². The molecule has 1 saturated heterocycles. The number of morpholine rings is 1. The van der Waals surface area contributed by atoms with Crippen molar-refractivity contribution in [1.29, 1.82) is 0 Å². The van der Waals surface area contributed by atoms with Crippen molar-refractivity contribution in [3.05, 3.63) is 65.7 Å². The van der Waals surface area contributed by atoms with Gasteiger partial charge in [0.15, 0.2) is 0 Å². The quantitative estimate of drug-likeness (QED) is 0.472. The van der Waals surface area contributed by atoms with Crippen molar-refractivity contribution in [2.24, 2.45) is 11.8 Å². The van der Waals surface area contributed by atoms with E-state index < -0.39 is 0 Å². The molecule has 0 spiro atoms. The van der Waals surface area contributed by atoms with Gasteiger partial charge in [-0.3, -0.25) is 9.59 Å². The summed E-state index contributed by atoms with van der Waals surface area (Å²) < 4.78 is 5.38. The Labute approximate surface area is 210 Å². The van der Waals surface area contributed by atoms with E-state index in [2.05, 4.69) is 67.8 Å². The predicted molar refractivity (Wildman–Crippen MR) is 141 cm³/mol. The van der Waals surface area contributed by atoms with Gasteiger partial charge in [-0.2, -0.15) is 0 Å². The maximum Gasteiger partial charge on any atom is 0.223 e. The van der Waals surface area contributed by atoms with E-state index in [1.54, 1.807) is 0 Å². The van der Waals surface area contributed by atoms with Gasteiger partial charge in [0, 0.05) is 43.7 Å². The molecule has 0 aliphatic carbocycles. The largest absolute Gasteiger partial charge is 0.383 e. The second-order valence-corrected chi connectivity index (χ2v) is 9.88. The zero-order valence-corrected chi connectivity index (χ0v) is 21.5. The van der Waals surface area contributed by atoms with Crippen LogP contribution in [0.1, 0.15) is 44.2 Å². The van der Waals surface area contributed by atoms with E-state index in [-0.39, 0.29) is 36.1 Å². The molecule has 3 rings (SSSR count). The highest BCUT2D eigenvalue weighted by atomic mass is 16.5. The average molecular weight is 480 g/mol. The first-order chi connectivity index (χ1) is 16.9. The fourth-order valence-electron chi connectivity index (χ4n) is 4.33. The first kappa shape index (κ1) is 26.7. The molecule has 190 valence electrons. The highest BCUT2D eigenvalue weighted by molar-refractivity contribution is 5.86. The van der Waals surface area contributed by atoms with Gasteiger partial charge in [0.2, 0.25) is 11.8 Å². The number of nitrogens with zero attached hydrogens (tertiary/aromatic N) is 1. The maximum absolute atomic E-state index is 13.4. The van der Waals surface area contributed by atoms with Gasteiger partial charge in [0.05, 0.1) is 13.2 Å². The molecule has 6 nitrogen and oxygen atoms in total. The molecule has 2 atom stereocenters. The Bertz CT molecular complexity index is 909. The summed E-state index contributed by atoms with van der Waals surface area (Å²) in [5.41, 5.74) is 3.51. The smallest absolute Gasteiger partial charge is 0.223 e. The van der Waals surface area contributed by atoms with Crippen molar-refractivity contribution in [2.75, 3.05) is 38.2 Å². The summed E-state index contributed by atoms with van der Waals surface area (Å²) in [6, 6.07) is 18.5. The molecule has 1 fully saturated rings. The first-order valence-corrected chi connectivity index (χ1v) is 12.9. The molecule has 0 unspecified atom stereocenters. The third-order valence-corrected chi connectivity index (χ3v) is 6.73. The third kappa shape index (κ3) is 9.02. The number of hydrogen-bond acceptors (Lipinski definition) is 4. The lowest BCUT2D eigenvalue weighted by Crippen LogP contribution is -2.47. The van der Waals surface area contributed by atoms with Gasteiger partial charge >= 0.3 is 0 Å². The van der Waals surface area contributed by atoms with E-state index in [1.807, 2.05) is 23.1 Å². The minimum absolute atomic E-state index is 0.0240. The van der Waals surface area contributed by atoms with Gasteiger partial charge in [-0.1, -0.05) is 61.9 Å². The fourth-order valence-corrected chi connectivity index (χ4v) is 4.33. The van der Waals surface area contributed by atoms with Crippen molar-refractivity contribution in [3.8, 4) is 0 Å².